The molecular formula is C14H25N3S. The summed E-state index contributed by atoms with van der Waals surface area (Å²) < 4.78 is 0. The Morgan fingerprint density at radius 1 is 1.44 bits per heavy atom. The molecular weight excluding hydrogens is 242 g/mol. The highest BCUT2D eigenvalue weighted by atomic mass is 32.2. The van der Waals surface area contributed by atoms with Crippen LogP contribution in [0.25, 0.3) is 0 Å². The monoisotopic (exact) mass is 267 g/mol. The standard InChI is InChI=1S/C14H25N3S/c1-17-7-4-12(9-17)8-15-13-16-10-14(11-18-13)5-2-3-6-14/h12H,2-11H2,1H3,(H,15,16). The molecule has 1 spiro atoms. The van der Waals surface area contributed by atoms with Crippen LogP contribution >= 0.6 is 11.8 Å². The molecule has 3 rings (SSSR count). The Hall–Kier alpha value is -0.220. The fraction of sp³-hybridized carbons (Fsp3) is 0.929. The van der Waals surface area contributed by atoms with E-state index in [-0.39, 0.29) is 0 Å². The second-order valence-corrected chi connectivity index (χ2v) is 7.38. The number of nitrogens with one attached hydrogen (secondary N) is 1. The molecule has 0 radical (unpaired) electrons. The van der Waals surface area contributed by atoms with Crippen LogP contribution in [0.4, 0.5) is 0 Å². The second-order valence-electron chi connectivity index (χ2n) is 6.42. The lowest BCUT2D eigenvalue weighted by molar-refractivity contribution is 0.358. The molecule has 102 valence electrons. The third-order valence-corrected chi connectivity index (χ3v) is 6.07. The van der Waals surface area contributed by atoms with E-state index in [0.717, 1.165) is 19.0 Å². The molecule has 1 atom stereocenters. The van der Waals surface area contributed by atoms with Gasteiger partial charge in [-0.25, -0.2) is 0 Å². The summed E-state index contributed by atoms with van der Waals surface area (Å²) in [5, 5.41) is 4.79. The van der Waals surface area contributed by atoms with Gasteiger partial charge in [-0.3, -0.25) is 4.99 Å². The number of hydrogen-bond acceptors (Lipinski definition) is 4. The zero-order valence-electron chi connectivity index (χ0n) is 11.5. The molecule has 1 unspecified atom stereocenters. The summed E-state index contributed by atoms with van der Waals surface area (Å²) in [6.45, 7) is 4.69. The van der Waals surface area contributed by atoms with E-state index in [1.807, 2.05) is 11.8 Å². The highest BCUT2D eigenvalue weighted by Gasteiger charge is 2.36. The van der Waals surface area contributed by atoms with Crippen molar-refractivity contribution in [2.75, 3.05) is 39.0 Å². The number of nitrogens with zero attached hydrogens (tertiary/aromatic N) is 2. The van der Waals surface area contributed by atoms with Crippen molar-refractivity contribution < 1.29 is 0 Å². The SMILES string of the molecule is CN1CCC(CNC2=NCC3(CCCC3)CS2)C1. The van der Waals surface area contributed by atoms with Crippen molar-refractivity contribution in [1.82, 2.24) is 10.2 Å². The van der Waals surface area contributed by atoms with Crippen LogP contribution < -0.4 is 5.32 Å². The number of hydrogen-bond donors (Lipinski definition) is 1. The molecule has 3 nitrogen and oxygen atoms in total. The van der Waals surface area contributed by atoms with Crippen LogP contribution in [-0.4, -0.2) is 49.0 Å². The van der Waals surface area contributed by atoms with Crippen molar-refractivity contribution in [2.24, 2.45) is 16.3 Å². The molecule has 4 heteroatoms. The maximum absolute atomic E-state index is 4.80. The summed E-state index contributed by atoms with van der Waals surface area (Å²) in [7, 11) is 2.22. The van der Waals surface area contributed by atoms with Crippen molar-refractivity contribution in [2.45, 2.75) is 32.1 Å². The van der Waals surface area contributed by atoms with Gasteiger partial charge in [0.15, 0.2) is 5.17 Å². The van der Waals surface area contributed by atoms with Crippen molar-refractivity contribution in [3.63, 3.8) is 0 Å². The van der Waals surface area contributed by atoms with Gasteiger partial charge in [-0.2, -0.15) is 0 Å². The summed E-state index contributed by atoms with van der Waals surface area (Å²) in [5.74, 6) is 2.12. The van der Waals surface area contributed by atoms with E-state index in [1.165, 1.54) is 56.1 Å². The van der Waals surface area contributed by atoms with E-state index in [2.05, 4.69) is 17.3 Å². The molecule has 0 aromatic heterocycles. The normalized spacial score (nSPS) is 31.8. The molecule has 2 heterocycles. The lowest BCUT2D eigenvalue weighted by Crippen LogP contribution is -2.35. The fourth-order valence-corrected chi connectivity index (χ4v) is 4.68. The molecule has 1 saturated carbocycles. The van der Waals surface area contributed by atoms with Gasteiger partial charge >= 0.3 is 0 Å². The number of likely N-dealkylation sites (tertiary alicyclic amines) is 1. The van der Waals surface area contributed by atoms with Crippen LogP contribution in [-0.2, 0) is 0 Å². The molecule has 2 aliphatic heterocycles. The first-order valence-electron chi connectivity index (χ1n) is 7.35. The average molecular weight is 267 g/mol. The summed E-state index contributed by atoms with van der Waals surface area (Å²) in [5.41, 5.74) is 0.573. The Labute approximate surface area is 115 Å². The van der Waals surface area contributed by atoms with Gasteiger partial charge in [0.25, 0.3) is 0 Å². The number of amidine groups is 1. The number of thioether (sulfide) groups is 1. The number of rotatable bonds is 2. The van der Waals surface area contributed by atoms with E-state index in [9.17, 15) is 0 Å². The molecule has 0 aromatic rings. The van der Waals surface area contributed by atoms with Gasteiger partial charge in [0, 0.05) is 25.4 Å². The van der Waals surface area contributed by atoms with Gasteiger partial charge < -0.3 is 10.2 Å². The maximum atomic E-state index is 4.80. The fourth-order valence-electron chi connectivity index (χ4n) is 3.51. The van der Waals surface area contributed by atoms with Crippen LogP contribution in [0.3, 0.4) is 0 Å². The van der Waals surface area contributed by atoms with Crippen LogP contribution in [0.1, 0.15) is 32.1 Å². The highest BCUT2D eigenvalue weighted by molar-refractivity contribution is 8.13. The van der Waals surface area contributed by atoms with Crippen LogP contribution in [0.15, 0.2) is 4.99 Å². The lowest BCUT2D eigenvalue weighted by atomic mass is 9.89. The van der Waals surface area contributed by atoms with E-state index in [1.54, 1.807) is 0 Å². The highest BCUT2D eigenvalue weighted by Crippen LogP contribution is 2.43. The molecule has 0 aromatic carbocycles. The van der Waals surface area contributed by atoms with Crippen molar-refractivity contribution in [1.29, 1.82) is 0 Å². The van der Waals surface area contributed by atoms with Crippen LogP contribution in [0.5, 0.6) is 0 Å². The summed E-state index contributed by atoms with van der Waals surface area (Å²) in [6, 6.07) is 0. The van der Waals surface area contributed by atoms with E-state index in [4.69, 9.17) is 4.99 Å². The lowest BCUT2D eigenvalue weighted by Gasteiger charge is -2.31. The zero-order chi connectivity index (χ0) is 12.4. The summed E-state index contributed by atoms with van der Waals surface area (Å²) >= 11 is 1.97. The molecule has 0 amide bonds. The smallest absolute Gasteiger partial charge is 0.156 e. The second kappa shape index (κ2) is 5.41. The van der Waals surface area contributed by atoms with Gasteiger partial charge in [-0.05, 0) is 44.2 Å². The van der Waals surface area contributed by atoms with Crippen molar-refractivity contribution in [3.8, 4) is 0 Å². The minimum atomic E-state index is 0.573. The predicted octanol–water partition coefficient (Wildman–Crippen LogP) is 2.19. The molecule has 1 saturated heterocycles. The minimum Gasteiger partial charge on any atom is -0.365 e. The Bertz CT molecular complexity index is 323. The first-order chi connectivity index (χ1) is 8.76. The minimum absolute atomic E-state index is 0.573. The van der Waals surface area contributed by atoms with Gasteiger partial charge in [-0.1, -0.05) is 24.6 Å². The first kappa shape index (κ1) is 12.8. The topological polar surface area (TPSA) is 27.6 Å². The molecule has 0 bridgehead atoms. The third kappa shape index (κ3) is 2.85. The molecule has 1 N–H and O–H groups in total. The molecule has 2 fully saturated rings. The third-order valence-electron chi connectivity index (χ3n) is 4.77. The largest absolute Gasteiger partial charge is 0.365 e. The molecule has 1 aliphatic carbocycles. The van der Waals surface area contributed by atoms with Crippen molar-refractivity contribution >= 4 is 16.9 Å². The average Bonchev–Trinajstić information content (AvgIpc) is 2.99. The first-order valence-corrected chi connectivity index (χ1v) is 8.34. The van der Waals surface area contributed by atoms with E-state index in [0.29, 0.717) is 5.41 Å². The van der Waals surface area contributed by atoms with Crippen molar-refractivity contribution in [3.05, 3.63) is 0 Å². The Morgan fingerprint density at radius 2 is 2.28 bits per heavy atom. The Morgan fingerprint density at radius 3 is 2.89 bits per heavy atom. The maximum Gasteiger partial charge on any atom is 0.156 e. The van der Waals surface area contributed by atoms with Gasteiger partial charge in [0.1, 0.15) is 0 Å². The van der Waals surface area contributed by atoms with Crippen LogP contribution in [0.2, 0.25) is 0 Å². The predicted molar refractivity (Wildman–Crippen MR) is 79.3 cm³/mol. The van der Waals surface area contributed by atoms with Crippen LogP contribution in [0, 0.1) is 11.3 Å². The summed E-state index contributed by atoms with van der Waals surface area (Å²) in [6.07, 6.45) is 7.00. The Balaban J connectivity index is 1.45. The Kier molecular flexibility index (Phi) is 3.85. The van der Waals surface area contributed by atoms with E-state index < -0.39 is 0 Å². The zero-order valence-corrected chi connectivity index (χ0v) is 12.3. The van der Waals surface area contributed by atoms with Gasteiger partial charge in [-0.15, -0.1) is 0 Å². The van der Waals surface area contributed by atoms with E-state index >= 15 is 0 Å². The quantitative estimate of drug-likeness (QED) is 0.831. The summed E-state index contributed by atoms with van der Waals surface area (Å²) in [4.78, 5) is 7.23. The molecule has 18 heavy (non-hydrogen) atoms. The van der Waals surface area contributed by atoms with Gasteiger partial charge in [0.05, 0.1) is 0 Å². The van der Waals surface area contributed by atoms with Gasteiger partial charge in [0.2, 0.25) is 0 Å². The number of aliphatic imine (C=N–C) groups is 1. The molecule has 3 aliphatic rings.